The second-order valence-corrected chi connectivity index (χ2v) is 5.78. The van der Waals surface area contributed by atoms with E-state index in [0.29, 0.717) is 18.1 Å². The molecule has 0 saturated carbocycles. The number of nitrogens with zero attached hydrogens (tertiary/aromatic N) is 1. The Morgan fingerprint density at radius 3 is 2.45 bits per heavy atom. The highest BCUT2D eigenvalue weighted by molar-refractivity contribution is 5.57. The molecule has 0 aliphatic rings. The molecule has 0 aromatic heterocycles. The van der Waals surface area contributed by atoms with E-state index in [1.165, 1.54) is 0 Å². The van der Waals surface area contributed by atoms with Gasteiger partial charge in [0, 0.05) is 31.9 Å². The second-order valence-electron chi connectivity index (χ2n) is 5.78. The van der Waals surface area contributed by atoms with E-state index in [-0.39, 0.29) is 11.9 Å². The molecule has 1 rings (SSSR count). The minimum absolute atomic E-state index is 0.197. The van der Waals surface area contributed by atoms with Crippen LogP contribution in [-0.4, -0.2) is 26.8 Å². The van der Waals surface area contributed by atoms with Crippen molar-refractivity contribution in [3.8, 4) is 0 Å². The van der Waals surface area contributed by atoms with Gasteiger partial charge in [-0.15, -0.1) is 0 Å². The molecular weight excluding hydrogens is 255 g/mol. The van der Waals surface area contributed by atoms with E-state index >= 15 is 0 Å². The quantitative estimate of drug-likeness (QED) is 0.834. The predicted octanol–water partition coefficient (Wildman–Crippen LogP) is 3.26. The van der Waals surface area contributed by atoms with E-state index < -0.39 is 0 Å². The molecule has 0 aliphatic carbocycles. The Morgan fingerprint density at radius 1 is 1.30 bits per heavy atom. The zero-order chi connectivity index (χ0) is 15.3. The molecule has 0 spiro atoms. The van der Waals surface area contributed by atoms with Crippen molar-refractivity contribution >= 4 is 5.69 Å². The van der Waals surface area contributed by atoms with E-state index in [0.717, 1.165) is 24.3 Å². The molecule has 114 valence electrons. The number of hydrogen-bond acceptors (Lipinski definition) is 3. The summed E-state index contributed by atoms with van der Waals surface area (Å²) in [6, 6.07) is 3.26. The normalized spacial score (nSPS) is 12.8. The zero-order valence-corrected chi connectivity index (χ0v) is 13.2. The fourth-order valence-electron chi connectivity index (χ4n) is 2.27. The molecule has 4 heteroatoms. The van der Waals surface area contributed by atoms with E-state index in [2.05, 4.69) is 18.7 Å². The Labute approximate surface area is 121 Å². The van der Waals surface area contributed by atoms with Gasteiger partial charge < -0.3 is 15.4 Å². The lowest BCUT2D eigenvalue weighted by Crippen LogP contribution is -2.32. The number of methoxy groups -OCH3 is 1. The molecule has 3 nitrogen and oxygen atoms in total. The van der Waals surface area contributed by atoms with Crippen LogP contribution in [0.2, 0.25) is 0 Å². The van der Waals surface area contributed by atoms with Crippen molar-refractivity contribution in [3.63, 3.8) is 0 Å². The lowest BCUT2D eigenvalue weighted by atomic mass is 10.0. The van der Waals surface area contributed by atoms with E-state index in [9.17, 15) is 4.39 Å². The third-order valence-electron chi connectivity index (χ3n) is 3.29. The molecule has 0 heterocycles. The number of ether oxygens (including phenoxy) is 1. The van der Waals surface area contributed by atoms with Crippen molar-refractivity contribution in [1.29, 1.82) is 0 Å². The van der Waals surface area contributed by atoms with Crippen molar-refractivity contribution in [1.82, 2.24) is 0 Å². The van der Waals surface area contributed by atoms with Gasteiger partial charge in [0.15, 0.2) is 0 Å². The maximum atomic E-state index is 13.8. The Balaban J connectivity index is 3.18. The first kappa shape index (κ1) is 16.9. The summed E-state index contributed by atoms with van der Waals surface area (Å²) < 4.78 is 19.0. The number of anilines is 1. The van der Waals surface area contributed by atoms with Crippen molar-refractivity contribution < 1.29 is 9.13 Å². The maximum Gasteiger partial charge on any atom is 0.126 e. The first-order chi connectivity index (χ1) is 9.36. The van der Waals surface area contributed by atoms with Gasteiger partial charge in [-0.3, -0.25) is 0 Å². The van der Waals surface area contributed by atoms with Crippen molar-refractivity contribution in [2.75, 3.05) is 31.7 Å². The fraction of sp³-hybridized carbons (Fsp3) is 0.625. The number of rotatable bonds is 7. The number of nitrogens with two attached hydrogens (primary N) is 1. The van der Waals surface area contributed by atoms with Crippen LogP contribution in [0.4, 0.5) is 10.1 Å². The first-order valence-electron chi connectivity index (χ1n) is 7.16. The second kappa shape index (κ2) is 7.60. The largest absolute Gasteiger partial charge is 0.383 e. The minimum Gasteiger partial charge on any atom is -0.383 e. The van der Waals surface area contributed by atoms with Crippen LogP contribution in [0.1, 0.15) is 37.9 Å². The number of halogens is 1. The van der Waals surface area contributed by atoms with Crippen molar-refractivity contribution in [2.24, 2.45) is 11.7 Å². The van der Waals surface area contributed by atoms with Gasteiger partial charge in [-0.05, 0) is 43.0 Å². The van der Waals surface area contributed by atoms with Crippen LogP contribution in [0.15, 0.2) is 12.1 Å². The predicted molar refractivity (Wildman–Crippen MR) is 82.7 cm³/mol. The van der Waals surface area contributed by atoms with Gasteiger partial charge in [0.25, 0.3) is 0 Å². The highest BCUT2D eigenvalue weighted by Gasteiger charge is 2.17. The molecule has 0 fully saturated rings. The molecule has 1 unspecified atom stereocenters. The van der Waals surface area contributed by atoms with Crippen LogP contribution in [-0.2, 0) is 4.74 Å². The fourth-order valence-corrected chi connectivity index (χ4v) is 2.27. The van der Waals surface area contributed by atoms with E-state index in [4.69, 9.17) is 10.5 Å². The summed E-state index contributed by atoms with van der Waals surface area (Å²) >= 11 is 0. The molecule has 0 amide bonds. The SMILES string of the molecule is COCCN(CC(C)C)c1cc(C)c(F)cc1C(C)N. The summed E-state index contributed by atoms with van der Waals surface area (Å²) in [7, 11) is 1.69. The number of benzene rings is 1. The third kappa shape index (κ3) is 4.46. The van der Waals surface area contributed by atoms with Crippen LogP contribution in [0.3, 0.4) is 0 Å². The number of hydrogen-bond donors (Lipinski definition) is 1. The Kier molecular flexibility index (Phi) is 6.43. The summed E-state index contributed by atoms with van der Waals surface area (Å²) in [5.74, 6) is 0.315. The summed E-state index contributed by atoms with van der Waals surface area (Å²) in [5, 5.41) is 0. The molecule has 0 aliphatic heterocycles. The van der Waals surface area contributed by atoms with Gasteiger partial charge in [0.05, 0.1) is 6.61 Å². The summed E-state index contributed by atoms with van der Waals surface area (Å²) in [4.78, 5) is 2.24. The van der Waals surface area contributed by atoms with E-state index in [1.807, 2.05) is 13.0 Å². The van der Waals surface area contributed by atoms with Crippen LogP contribution >= 0.6 is 0 Å². The lowest BCUT2D eigenvalue weighted by Gasteiger charge is -2.30. The minimum atomic E-state index is -0.197. The topological polar surface area (TPSA) is 38.5 Å². The molecule has 20 heavy (non-hydrogen) atoms. The molecule has 0 bridgehead atoms. The van der Waals surface area contributed by atoms with Crippen LogP contribution in [0.5, 0.6) is 0 Å². The smallest absolute Gasteiger partial charge is 0.126 e. The van der Waals surface area contributed by atoms with Gasteiger partial charge in [-0.25, -0.2) is 4.39 Å². The van der Waals surface area contributed by atoms with E-state index in [1.54, 1.807) is 20.1 Å². The Hall–Kier alpha value is -1.13. The summed E-state index contributed by atoms with van der Waals surface area (Å²) in [6.07, 6.45) is 0. The average Bonchev–Trinajstić information content (AvgIpc) is 2.36. The first-order valence-corrected chi connectivity index (χ1v) is 7.16. The lowest BCUT2D eigenvalue weighted by molar-refractivity contribution is 0.204. The standard InChI is InChI=1S/C16H27FN2O/c1-11(2)10-19(6-7-20-5)16-8-12(3)15(17)9-14(16)13(4)18/h8-9,11,13H,6-7,10,18H2,1-5H3. The average molecular weight is 282 g/mol. The molecule has 1 aromatic carbocycles. The molecule has 0 radical (unpaired) electrons. The highest BCUT2D eigenvalue weighted by Crippen LogP contribution is 2.29. The molecule has 1 atom stereocenters. The van der Waals surface area contributed by atoms with Gasteiger partial charge in [0.1, 0.15) is 5.82 Å². The molecule has 0 saturated heterocycles. The summed E-state index contributed by atoms with van der Waals surface area (Å²) in [6.45, 7) is 10.3. The number of aryl methyl sites for hydroxylation is 1. The summed E-state index contributed by atoms with van der Waals surface area (Å²) in [5.41, 5.74) is 8.52. The third-order valence-corrected chi connectivity index (χ3v) is 3.29. The van der Waals surface area contributed by atoms with Crippen LogP contribution < -0.4 is 10.6 Å². The van der Waals surface area contributed by atoms with Crippen molar-refractivity contribution in [2.45, 2.75) is 33.7 Å². The Bertz CT molecular complexity index is 433. The van der Waals surface area contributed by atoms with Crippen molar-refractivity contribution in [3.05, 3.63) is 29.1 Å². The Morgan fingerprint density at radius 2 is 1.95 bits per heavy atom. The molecule has 2 N–H and O–H groups in total. The van der Waals surface area contributed by atoms with Gasteiger partial charge in [-0.1, -0.05) is 13.8 Å². The van der Waals surface area contributed by atoms with Gasteiger partial charge >= 0.3 is 0 Å². The highest BCUT2D eigenvalue weighted by atomic mass is 19.1. The molecule has 1 aromatic rings. The van der Waals surface area contributed by atoms with Gasteiger partial charge in [-0.2, -0.15) is 0 Å². The monoisotopic (exact) mass is 282 g/mol. The zero-order valence-electron chi connectivity index (χ0n) is 13.2. The van der Waals surface area contributed by atoms with Gasteiger partial charge in [0.2, 0.25) is 0 Å². The maximum absolute atomic E-state index is 13.8. The van der Waals surface area contributed by atoms with Crippen LogP contribution in [0, 0.1) is 18.7 Å². The molecular formula is C16H27FN2O. The van der Waals surface area contributed by atoms with Crippen LogP contribution in [0.25, 0.3) is 0 Å².